The van der Waals surface area contributed by atoms with E-state index in [1.54, 1.807) is 12.3 Å². The average Bonchev–Trinajstić information content (AvgIpc) is 2.33. The van der Waals surface area contributed by atoms with Crippen molar-refractivity contribution in [2.45, 2.75) is 0 Å². The molecule has 0 radical (unpaired) electrons. The molecular formula is C6H3N3. The van der Waals surface area contributed by atoms with Gasteiger partial charge in [-0.2, -0.15) is 10.5 Å². The summed E-state index contributed by atoms with van der Waals surface area (Å²) in [5.74, 6) is 0. The summed E-state index contributed by atoms with van der Waals surface area (Å²) in [4.78, 5) is 2.62. The standard InChI is InChI=1S/C6H3N3/c7-3-5-1-2-9-6(5)4-8/h1-2,9H. The van der Waals surface area contributed by atoms with E-state index in [1.165, 1.54) is 0 Å². The van der Waals surface area contributed by atoms with E-state index in [0.29, 0.717) is 11.3 Å². The highest BCUT2D eigenvalue weighted by atomic mass is 14.7. The van der Waals surface area contributed by atoms with Gasteiger partial charge in [0.25, 0.3) is 0 Å². The van der Waals surface area contributed by atoms with Gasteiger partial charge in [-0.05, 0) is 6.07 Å². The highest BCUT2D eigenvalue weighted by Crippen LogP contribution is 2.00. The molecule has 0 amide bonds. The van der Waals surface area contributed by atoms with Crippen molar-refractivity contribution in [1.82, 2.24) is 4.98 Å². The molecule has 9 heavy (non-hydrogen) atoms. The summed E-state index contributed by atoms with van der Waals surface area (Å²) in [5.41, 5.74) is 0.731. The van der Waals surface area contributed by atoms with E-state index in [-0.39, 0.29) is 0 Å². The molecule has 0 atom stereocenters. The third-order valence-electron chi connectivity index (χ3n) is 0.979. The van der Waals surface area contributed by atoms with Gasteiger partial charge < -0.3 is 4.98 Å². The monoisotopic (exact) mass is 117 g/mol. The van der Waals surface area contributed by atoms with Crippen LogP contribution in [0.1, 0.15) is 11.3 Å². The minimum Gasteiger partial charge on any atom is -0.352 e. The summed E-state index contributed by atoms with van der Waals surface area (Å²) in [7, 11) is 0. The third-order valence-corrected chi connectivity index (χ3v) is 0.979. The topological polar surface area (TPSA) is 63.4 Å². The second-order valence-corrected chi connectivity index (χ2v) is 1.49. The van der Waals surface area contributed by atoms with Crippen molar-refractivity contribution in [3.05, 3.63) is 23.5 Å². The fourth-order valence-electron chi connectivity index (χ4n) is 0.555. The van der Waals surface area contributed by atoms with E-state index < -0.39 is 0 Å². The van der Waals surface area contributed by atoms with E-state index in [9.17, 15) is 0 Å². The molecule has 0 spiro atoms. The number of hydrogen-bond acceptors (Lipinski definition) is 2. The van der Waals surface area contributed by atoms with Crippen LogP contribution in [0.2, 0.25) is 0 Å². The third kappa shape index (κ3) is 0.756. The molecule has 0 saturated heterocycles. The number of hydrogen-bond donors (Lipinski definition) is 1. The fraction of sp³-hybridized carbons (Fsp3) is 0. The summed E-state index contributed by atoms with van der Waals surface area (Å²) in [6.45, 7) is 0. The van der Waals surface area contributed by atoms with Gasteiger partial charge >= 0.3 is 0 Å². The van der Waals surface area contributed by atoms with Crippen LogP contribution in [0.3, 0.4) is 0 Å². The quantitative estimate of drug-likeness (QED) is 0.545. The molecule has 0 aliphatic carbocycles. The van der Waals surface area contributed by atoms with E-state index in [1.807, 2.05) is 12.1 Å². The van der Waals surface area contributed by atoms with Gasteiger partial charge in [0.15, 0.2) is 0 Å². The van der Waals surface area contributed by atoms with Gasteiger partial charge in [0.2, 0.25) is 0 Å². The van der Waals surface area contributed by atoms with Crippen LogP contribution in [0.5, 0.6) is 0 Å². The molecule has 3 nitrogen and oxygen atoms in total. The first-order valence-electron chi connectivity index (χ1n) is 2.36. The van der Waals surface area contributed by atoms with Crippen molar-refractivity contribution in [1.29, 1.82) is 10.5 Å². The molecule has 1 N–H and O–H groups in total. The molecule has 1 heterocycles. The Morgan fingerprint density at radius 3 is 2.56 bits per heavy atom. The Labute approximate surface area is 52.2 Å². The normalized spacial score (nSPS) is 7.78. The van der Waals surface area contributed by atoms with Gasteiger partial charge in [0.05, 0.1) is 5.56 Å². The zero-order valence-corrected chi connectivity index (χ0v) is 4.55. The van der Waals surface area contributed by atoms with Crippen LogP contribution in [-0.4, -0.2) is 4.98 Å². The van der Waals surface area contributed by atoms with Gasteiger partial charge in [-0.3, -0.25) is 0 Å². The number of aromatic nitrogens is 1. The Balaban J connectivity index is 3.22. The molecule has 42 valence electrons. The summed E-state index contributed by atoms with van der Waals surface area (Å²) < 4.78 is 0. The number of H-pyrrole nitrogens is 1. The zero-order valence-electron chi connectivity index (χ0n) is 4.55. The fourth-order valence-corrected chi connectivity index (χ4v) is 0.555. The van der Waals surface area contributed by atoms with Crippen molar-refractivity contribution < 1.29 is 0 Å². The lowest BCUT2D eigenvalue weighted by atomic mass is 10.3. The Bertz CT molecular complexity index is 255. The first kappa shape index (κ1) is 5.40. The van der Waals surface area contributed by atoms with E-state index in [2.05, 4.69) is 4.98 Å². The van der Waals surface area contributed by atoms with Gasteiger partial charge in [0, 0.05) is 6.20 Å². The van der Waals surface area contributed by atoms with Crippen molar-refractivity contribution >= 4 is 0 Å². The molecule has 0 bridgehead atoms. The van der Waals surface area contributed by atoms with Crippen molar-refractivity contribution in [2.75, 3.05) is 0 Å². The summed E-state index contributed by atoms with van der Waals surface area (Å²) in [5, 5.41) is 16.6. The lowest BCUT2D eigenvalue weighted by Gasteiger charge is -1.75. The van der Waals surface area contributed by atoms with Gasteiger partial charge in [-0.1, -0.05) is 0 Å². The first-order chi connectivity index (χ1) is 4.38. The predicted molar refractivity (Wildman–Crippen MR) is 30.2 cm³/mol. The Kier molecular flexibility index (Phi) is 1.21. The molecule has 1 aromatic heterocycles. The SMILES string of the molecule is N#Cc1cc[nH]c1C#N. The average molecular weight is 117 g/mol. The van der Waals surface area contributed by atoms with Gasteiger partial charge in [-0.15, -0.1) is 0 Å². The largest absolute Gasteiger partial charge is 0.352 e. The molecule has 0 aliphatic heterocycles. The second-order valence-electron chi connectivity index (χ2n) is 1.49. The molecule has 0 unspecified atom stereocenters. The Hall–Kier alpha value is -1.74. The van der Waals surface area contributed by atoms with Gasteiger partial charge in [-0.25, -0.2) is 0 Å². The number of nitriles is 2. The predicted octanol–water partition coefficient (Wildman–Crippen LogP) is 0.758. The van der Waals surface area contributed by atoms with Gasteiger partial charge in [0.1, 0.15) is 17.8 Å². The van der Waals surface area contributed by atoms with Crippen LogP contribution in [0.4, 0.5) is 0 Å². The highest BCUT2D eigenvalue weighted by Gasteiger charge is 1.97. The summed E-state index contributed by atoms with van der Waals surface area (Å²) >= 11 is 0. The number of nitrogens with one attached hydrogen (secondary N) is 1. The molecule has 0 aromatic carbocycles. The maximum Gasteiger partial charge on any atom is 0.135 e. The lowest BCUT2D eigenvalue weighted by molar-refractivity contribution is 1.32. The van der Waals surface area contributed by atoms with Crippen LogP contribution >= 0.6 is 0 Å². The van der Waals surface area contributed by atoms with Crippen molar-refractivity contribution in [3.8, 4) is 12.1 Å². The molecular weight excluding hydrogens is 114 g/mol. The molecule has 0 saturated carbocycles. The maximum absolute atomic E-state index is 8.32. The van der Waals surface area contributed by atoms with E-state index >= 15 is 0 Å². The summed E-state index contributed by atoms with van der Waals surface area (Å²) in [6.07, 6.45) is 1.57. The second kappa shape index (κ2) is 2.02. The molecule has 1 rings (SSSR count). The Morgan fingerprint density at radius 1 is 1.33 bits per heavy atom. The van der Waals surface area contributed by atoms with Crippen molar-refractivity contribution in [3.63, 3.8) is 0 Å². The molecule has 1 aromatic rings. The molecule has 0 fully saturated rings. The van der Waals surface area contributed by atoms with E-state index in [0.717, 1.165) is 0 Å². The lowest BCUT2D eigenvalue weighted by Crippen LogP contribution is -1.75. The molecule has 3 heteroatoms. The smallest absolute Gasteiger partial charge is 0.135 e. The highest BCUT2D eigenvalue weighted by molar-refractivity contribution is 5.40. The molecule has 0 aliphatic rings. The number of aromatic amines is 1. The summed E-state index contributed by atoms with van der Waals surface area (Å²) in [6, 6.07) is 5.29. The minimum absolute atomic E-state index is 0.331. The van der Waals surface area contributed by atoms with Crippen LogP contribution in [0.25, 0.3) is 0 Å². The van der Waals surface area contributed by atoms with Crippen LogP contribution < -0.4 is 0 Å². The van der Waals surface area contributed by atoms with E-state index in [4.69, 9.17) is 10.5 Å². The minimum atomic E-state index is 0.331. The van der Waals surface area contributed by atoms with Crippen molar-refractivity contribution in [2.24, 2.45) is 0 Å². The van der Waals surface area contributed by atoms with Crippen LogP contribution in [0.15, 0.2) is 12.3 Å². The number of nitrogens with zero attached hydrogens (tertiary/aromatic N) is 2. The van der Waals surface area contributed by atoms with Crippen LogP contribution in [0, 0.1) is 22.7 Å². The Morgan fingerprint density at radius 2 is 2.11 bits per heavy atom. The zero-order chi connectivity index (χ0) is 6.69. The first-order valence-corrected chi connectivity index (χ1v) is 2.36. The van der Waals surface area contributed by atoms with Crippen LogP contribution in [-0.2, 0) is 0 Å². The maximum atomic E-state index is 8.32. The number of rotatable bonds is 0.